The van der Waals surface area contributed by atoms with Crippen molar-refractivity contribution in [1.82, 2.24) is 4.90 Å². The Morgan fingerprint density at radius 1 is 0.489 bits per heavy atom. The molecule has 0 aliphatic rings. The summed E-state index contributed by atoms with van der Waals surface area (Å²) in [5.41, 5.74) is 0.998. The molecule has 0 unspecified atom stereocenters. The van der Waals surface area contributed by atoms with Crippen LogP contribution >= 0.6 is 0 Å². The summed E-state index contributed by atoms with van der Waals surface area (Å²) in [5.74, 6) is 0.993. The van der Waals surface area contributed by atoms with Gasteiger partial charge in [-0.1, -0.05) is 189 Å². The van der Waals surface area contributed by atoms with Crippen molar-refractivity contribution in [3.63, 3.8) is 0 Å². The van der Waals surface area contributed by atoms with Crippen molar-refractivity contribution in [3.8, 4) is 0 Å². The van der Waals surface area contributed by atoms with Crippen molar-refractivity contribution < 1.29 is 4.74 Å². The summed E-state index contributed by atoms with van der Waals surface area (Å²) in [7, 11) is 4.28. The van der Waals surface area contributed by atoms with E-state index in [9.17, 15) is 0 Å². The smallest absolute Gasteiger partial charge is 0.0982 e. The van der Waals surface area contributed by atoms with Gasteiger partial charge in [-0.05, 0) is 76.3 Å². The van der Waals surface area contributed by atoms with E-state index in [1.165, 1.54) is 193 Å². The number of unbranched alkanes of at least 4 members (excludes halogenated alkanes) is 20. The van der Waals surface area contributed by atoms with E-state index in [2.05, 4.69) is 67.1 Å². The fraction of sp³-hybridized carbons (Fsp3) is 0.956. The second-order valence-corrected chi connectivity index (χ2v) is 17.5. The molecule has 0 saturated carbocycles. The molecule has 0 rings (SSSR count). The fourth-order valence-electron chi connectivity index (χ4n) is 7.29. The minimum absolute atomic E-state index is 0.356. The first kappa shape index (κ1) is 46.5. The van der Waals surface area contributed by atoms with Crippen LogP contribution in [0.2, 0.25) is 0 Å². The second-order valence-electron chi connectivity index (χ2n) is 17.5. The van der Waals surface area contributed by atoms with Gasteiger partial charge in [0.05, 0.1) is 11.9 Å². The van der Waals surface area contributed by atoms with E-state index in [4.69, 9.17) is 4.74 Å². The largest absolute Gasteiger partial charge is 0.495 e. The van der Waals surface area contributed by atoms with Gasteiger partial charge in [0.2, 0.25) is 0 Å². The number of ether oxygens (including phenoxy) is 1. The molecule has 0 heterocycles. The fourth-order valence-corrected chi connectivity index (χ4v) is 7.29. The van der Waals surface area contributed by atoms with Crippen LogP contribution in [0.5, 0.6) is 0 Å². The minimum atomic E-state index is 0.356. The van der Waals surface area contributed by atoms with E-state index >= 15 is 0 Å². The van der Waals surface area contributed by atoms with Crippen LogP contribution < -0.4 is 0 Å². The van der Waals surface area contributed by atoms with Gasteiger partial charge in [0.1, 0.15) is 0 Å². The Balaban J connectivity index is 4.25. The zero-order valence-electron chi connectivity index (χ0n) is 34.3. The number of hydrogen-bond donors (Lipinski definition) is 0. The first-order valence-corrected chi connectivity index (χ1v) is 21.5. The first-order chi connectivity index (χ1) is 22.5. The molecule has 0 N–H and O–H groups in total. The third kappa shape index (κ3) is 33.8. The van der Waals surface area contributed by atoms with Gasteiger partial charge < -0.3 is 9.64 Å². The maximum atomic E-state index is 6.50. The average molecular weight is 662 g/mol. The van der Waals surface area contributed by atoms with Crippen molar-refractivity contribution in [3.05, 3.63) is 12.3 Å². The highest BCUT2D eigenvalue weighted by Crippen LogP contribution is 2.32. The van der Waals surface area contributed by atoms with Crippen LogP contribution in [0.1, 0.15) is 241 Å². The zero-order chi connectivity index (χ0) is 35.1. The Morgan fingerprint density at radius 2 is 0.787 bits per heavy atom. The summed E-state index contributed by atoms with van der Waals surface area (Å²) in [6, 6.07) is 0. The highest BCUT2D eigenvalue weighted by atomic mass is 16.5. The molecule has 0 atom stereocenters. The van der Waals surface area contributed by atoms with E-state index < -0.39 is 0 Å². The Morgan fingerprint density at radius 3 is 1.11 bits per heavy atom. The maximum Gasteiger partial charge on any atom is 0.0982 e. The summed E-state index contributed by atoms with van der Waals surface area (Å²) >= 11 is 0. The number of hydrogen-bond acceptors (Lipinski definition) is 2. The van der Waals surface area contributed by atoms with Crippen LogP contribution in [0.15, 0.2) is 12.3 Å². The lowest BCUT2D eigenvalue weighted by molar-refractivity contribution is 0.0875. The summed E-state index contributed by atoms with van der Waals surface area (Å²) in [6.07, 6.45) is 43.0. The van der Waals surface area contributed by atoms with Gasteiger partial charge in [-0.25, -0.2) is 0 Å². The van der Waals surface area contributed by atoms with Gasteiger partial charge >= 0.3 is 0 Å². The third-order valence-electron chi connectivity index (χ3n) is 10.8. The molecule has 0 saturated heterocycles. The highest BCUT2D eigenvalue weighted by Gasteiger charge is 2.19. The summed E-state index contributed by atoms with van der Waals surface area (Å²) in [5, 5.41) is 0. The summed E-state index contributed by atoms with van der Waals surface area (Å²) in [6.45, 7) is 20.0. The molecular formula is C45H91NO. The Kier molecular flexibility index (Phi) is 31.1. The van der Waals surface area contributed by atoms with Crippen molar-refractivity contribution in [1.29, 1.82) is 0 Å². The molecule has 282 valence electrons. The Bertz CT molecular complexity index is 621. The minimum Gasteiger partial charge on any atom is -0.495 e. The molecule has 0 amide bonds. The van der Waals surface area contributed by atoms with Gasteiger partial charge in [0, 0.05) is 13.0 Å². The van der Waals surface area contributed by atoms with E-state index in [-0.39, 0.29) is 0 Å². The highest BCUT2D eigenvalue weighted by molar-refractivity contribution is 4.85. The Labute approximate surface area is 299 Å². The molecule has 0 radical (unpaired) electrons. The summed E-state index contributed by atoms with van der Waals surface area (Å²) in [4.78, 5) is 2.23. The number of nitrogens with zero attached hydrogens (tertiary/aromatic N) is 1. The van der Waals surface area contributed by atoms with Crippen molar-refractivity contribution in [2.75, 3.05) is 20.6 Å². The second kappa shape index (κ2) is 31.5. The SMILES string of the molecule is C=C(CCN(C)C)OC(CCCCCC(C)(C)CCCCCCCCCCC)CCCCCC(C)(C)CCCCCCCCCCC. The summed E-state index contributed by atoms with van der Waals surface area (Å²) < 4.78 is 6.50. The van der Waals surface area contributed by atoms with Gasteiger partial charge in [-0.15, -0.1) is 0 Å². The first-order valence-electron chi connectivity index (χ1n) is 21.5. The molecule has 0 bridgehead atoms. The van der Waals surface area contributed by atoms with Crippen LogP contribution in [0.4, 0.5) is 0 Å². The molecule has 0 aromatic rings. The predicted octanol–water partition coefficient (Wildman–Crippen LogP) is 15.6. The van der Waals surface area contributed by atoms with Crippen LogP contribution in [-0.4, -0.2) is 31.6 Å². The van der Waals surface area contributed by atoms with Gasteiger partial charge in [0.25, 0.3) is 0 Å². The topological polar surface area (TPSA) is 12.5 Å². The van der Waals surface area contributed by atoms with Crippen LogP contribution in [0.3, 0.4) is 0 Å². The van der Waals surface area contributed by atoms with Gasteiger partial charge in [-0.3, -0.25) is 0 Å². The Hall–Kier alpha value is -0.500. The van der Waals surface area contributed by atoms with Gasteiger partial charge in [0.15, 0.2) is 0 Å². The lowest BCUT2D eigenvalue weighted by Crippen LogP contribution is -2.17. The van der Waals surface area contributed by atoms with Crippen LogP contribution in [0, 0.1) is 10.8 Å². The standard InChI is InChI=1S/C45H91NO/c1-10-12-14-16-18-20-22-24-30-37-44(4,5)39-32-26-28-34-43(47-42(3)36-41-46(8)9)35-29-27-33-40-45(6,7)38-31-25-23-21-19-17-15-13-11-2/h43H,3,10-41H2,1-2,4-9H3. The molecule has 0 fully saturated rings. The third-order valence-corrected chi connectivity index (χ3v) is 10.8. The predicted molar refractivity (Wildman–Crippen MR) is 215 cm³/mol. The van der Waals surface area contributed by atoms with E-state index in [0.29, 0.717) is 16.9 Å². The molecule has 0 spiro atoms. The molecule has 0 aromatic heterocycles. The molecule has 0 aliphatic heterocycles. The molecular weight excluding hydrogens is 571 g/mol. The molecule has 2 nitrogen and oxygen atoms in total. The zero-order valence-corrected chi connectivity index (χ0v) is 34.3. The van der Waals surface area contributed by atoms with Gasteiger partial charge in [-0.2, -0.15) is 0 Å². The molecule has 0 aromatic carbocycles. The molecule has 0 aliphatic carbocycles. The van der Waals surface area contributed by atoms with E-state index in [1.807, 2.05) is 0 Å². The van der Waals surface area contributed by atoms with Crippen molar-refractivity contribution in [2.24, 2.45) is 10.8 Å². The molecule has 2 heteroatoms. The molecule has 47 heavy (non-hydrogen) atoms. The van der Waals surface area contributed by atoms with E-state index in [1.54, 1.807) is 0 Å². The average Bonchev–Trinajstić information content (AvgIpc) is 3.01. The lowest BCUT2D eigenvalue weighted by Gasteiger charge is -2.26. The van der Waals surface area contributed by atoms with Crippen LogP contribution in [-0.2, 0) is 4.74 Å². The van der Waals surface area contributed by atoms with Crippen LogP contribution in [0.25, 0.3) is 0 Å². The normalized spacial score (nSPS) is 12.5. The lowest BCUT2D eigenvalue weighted by atomic mass is 9.81. The van der Waals surface area contributed by atoms with E-state index in [0.717, 1.165) is 18.7 Å². The van der Waals surface area contributed by atoms with Crippen molar-refractivity contribution in [2.45, 2.75) is 247 Å². The monoisotopic (exact) mass is 662 g/mol. The van der Waals surface area contributed by atoms with Crippen molar-refractivity contribution >= 4 is 0 Å². The quantitative estimate of drug-likeness (QED) is 0.0485. The number of rotatable bonds is 37. The maximum absolute atomic E-state index is 6.50.